The van der Waals surface area contributed by atoms with Crippen molar-refractivity contribution in [2.24, 2.45) is 28.6 Å². The highest BCUT2D eigenvalue weighted by atomic mass is 16.6. The first-order valence-electron chi connectivity index (χ1n) is 14.2. The summed E-state index contributed by atoms with van der Waals surface area (Å²) in [6.45, 7) is 12.7. The number of carbonyl (C=O) groups excluding carboxylic acids is 5. The van der Waals surface area contributed by atoms with Gasteiger partial charge in [0.2, 0.25) is 0 Å². The SMILES string of the molecule is CC(=O)OC1C[C@H]2C(O)[C@@H]3[C@H](CO)C(OC(C)=O)CC(OC(C)=O)[C@@]3(C)C(OC(C)=O)C(OC(C)=O)C(=C1C)C2(C)C. The maximum Gasteiger partial charge on any atom is 0.303 e. The van der Waals surface area contributed by atoms with Gasteiger partial charge in [-0.2, -0.15) is 0 Å². The summed E-state index contributed by atoms with van der Waals surface area (Å²) >= 11 is 0. The molecule has 2 N–H and O–H groups in total. The molecule has 6 unspecified atom stereocenters. The fourth-order valence-electron chi connectivity index (χ4n) is 7.97. The summed E-state index contributed by atoms with van der Waals surface area (Å²) in [4.78, 5) is 62.1. The van der Waals surface area contributed by atoms with Crippen LogP contribution in [0.1, 0.15) is 75.2 Å². The monoisotopic (exact) mass is 596 g/mol. The fraction of sp³-hybridized carbons (Fsp3) is 0.767. The van der Waals surface area contributed by atoms with Crippen molar-refractivity contribution in [1.82, 2.24) is 0 Å². The van der Waals surface area contributed by atoms with Crippen molar-refractivity contribution < 1.29 is 57.9 Å². The molecule has 3 aliphatic carbocycles. The summed E-state index contributed by atoms with van der Waals surface area (Å²) in [7, 11) is 0. The Kier molecular flexibility index (Phi) is 9.83. The van der Waals surface area contributed by atoms with Gasteiger partial charge in [-0.15, -0.1) is 0 Å². The highest BCUT2D eigenvalue weighted by Gasteiger charge is 2.68. The molecule has 0 amide bonds. The van der Waals surface area contributed by atoms with E-state index in [0.29, 0.717) is 11.1 Å². The molecule has 0 aromatic heterocycles. The third-order valence-electron chi connectivity index (χ3n) is 9.48. The number of fused-ring (bicyclic) bond motifs is 3. The van der Waals surface area contributed by atoms with Crippen LogP contribution in [0.3, 0.4) is 0 Å². The lowest BCUT2D eigenvalue weighted by Gasteiger charge is -2.62. The lowest BCUT2D eigenvalue weighted by molar-refractivity contribution is -0.255. The van der Waals surface area contributed by atoms with Gasteiger partial charge >= 0.3 is 29.8 Å². The number of carbonyl (C=O) groups is 5. The first-order chi connectivity index (χ1) is 19.4. The maximum atomic E-state index is 12.7. The molecule has 0 aromatic rings. The fourth-order valence-corrected chi connectivity index (χ4v) is 7.97. The van der Waals surface area contributed by atoms with Crippen LogP contribution in [0.25, 0.3) is 0 Å². The largest absolute Gasteiger partial charge is 0.462 e. The van der Waals surface area contributed by atoms with Gasteiger partial charge in [-0.3, -0.25) is 24.0 Å². The molecule has 0 spiro atoms. The topological polar surface area (TPSA) is 172 Å². The summed E-state index contributed by atoms with van der Waals surface area (Å²) in [5, 5.41) is 23.1. The first kappa shape index (κ1) is 33.5. The highest BCUT2D eigenvalue weighted by molar-refractivity contribution is 5.69. The van der Waals surface area contributed by atoms with E-state index >= 15 is 0 Å². The van der Waals surface area contributed by atoms with E-state index in [0.717, 1.165) is 0 Å². The van der Waals surface area contributed by atoms with E-state index in [2.05, 4.69) is 0 Å². The summed E-state index contributed by atoms with van der Waals surface area (Å²) in [6, 6.07) is 0. The summed E-state index contributed by atoms with van der Waals surface area (Å²) < 4.78 is 29.0. The number of aliphatic hydroxyl groups excluding tert-OH is 2. The van der Waals surface area contributed by atoms with Gasteiger partial charge in [0, 0.05) is 59.5 Å². The lowest BCUT2D eigenvalue weighted by Crippen LogP contribution is -2.70. The van der Waals surface area contributed by atoms with E-state index in [1.165, 1.54) is 34.6 Å². The molecule has 236 valence electrons. The molecule has 2 saturated carbocycles. The normalized spacial score (nSPS) is 37.3. The van der Waals surface area contributed by atoms with Crippen molar-refractivity contribution in [2.75, 3.05) is 6.61 Å². The van der Waals surface area contributed by atoms with Gasteiger partial charge in [0.05, 0.1) is 11.5 Å². The van der Waals surface area contributed by atoms with Gasteiger partial charge in [-0.1, -0.05) is 20.8 Å². The van der Waals surface area contributed by atoms with Gasteiger partial charge in [0.25, 0.3) is 0 Å². The molecular weight excluding hydrogens is 552 g/mol. The quantitative estimate of drug-likeness (QED) is 0.260. The molecule has 12 nitrogen and oxygen atoms in total. The Hall–Kier alpha value is -2.99. The number of ether oxygens (including phenoxy) is 5. The second-order valence-electron chi connectivity index (χ2n) is 12.5. The maximum absolute atomic E-state index is 12.7. The molecule has 0 radical (unpaired) electrons. The van der Waals surface area contributed by atoms with E-state index in [1.807, 2.05) is 13.8 Å². The third-order valence-corrected chi connectivity index (χ3v) is 9.48. The molecule has 10 atom stereocenters. The Morgan fingerprint density at radius 1 is 0.786 bits per heavy atom. The van der Waals surface area contributed by atoms with Crippen molar-refractivity contribution in [3.05, 3.63) is 11.1 Å². The summed E-state index contributed by atoms with van der Waals surface area (Å²) in [5.41, 5.74) is -1.28. The van der Waals surface area contributed by atoms with Crippen molar-refractivity contribution in [3.63, 3.8) is 0 Å². The molecule has 0 aliphatic heterocycles. The average Bonchev–Trinajstić information content (AvgIpc) is 2.83. The van der Waals surface area contributed by atoms with E-state index < -0.39 is 102 Å². The average molecular weight is 597 g/mol. The van der Waals surface area contributed by atoms with Crippen molar-refractivity contribution in [2.45, 2.75) is 112 Å². The smallest absolute Gasteiger partial charge is 0.303 e. The molecule has 12 heteroatoms. The zero-order valence-corrected chi connectivity index (χ0v) is 25.8. The van der Waals surface area contributed by atoms with Crippen LogP contribution in [-0.2, 0) is 47.7 Å². The Morgan fingerprint density at radius 3 is 1.79 bits per heavy atom. The van der Waals surface area contributed by atoms with Gasteiger partial charge in [0.15, 0.2) is 12.2 Å². The zero-order valence-electron chi connectivity index (χ0n) is 25.8. The van der Waals surface area contributed by atoms with Crippen molar-refractivity contribution in [1.29, 1.82) is 0 Å². The predicted octanol–water partition coefficient (Wildman–Crippen LogP) is 2.02. The Labute approximate surface area is 246 Å². The number of rotatable bonds is 6. The van der Waals surface area contributed by atoms with Crippen LogP contribution in [-0.4, -0.2) is 83.3 Å². The van der Waals surface area contributed by atoms with Crippen LogP contribution in [0.2, 0.25) is 0 Å². The van der Waals surface area contributed by atoms with Crippen LogP contribution in [0.4, 0.5) is 0 Å². The van der Waals surface area contributed by atoms with Gasteiger partial charge in [0.1, 0.15) is 18.3 Å². The molecule has 42 heavy (non-hydrogen) atoms. The number of hydrogen-bond acceptors (Lipinski definition) is 12. The van der Waals surface area contributed by atoms with E-state index in [4.69, 9.17) is 23.7 Å². The summed E-state index contributed by atoms with van der Waals surface area (Å²) in [6.07, 6.45) is -6.61. The standard InChI is InChI=1S/C30H44O12/c1-13-21(38-14(2)32)10-20-26(37)25-19(12-31)22(39-15(3)33)11-23(40-16(4)34)30(25,9)28(42-18(6)36)27(41-17(5)35)24(13)29(20,7)8/h19-23,25-28,31,37H,10-12H2,1-9H3/t19-,20+,21?,22?,23?,25+,26?,27?,28?,30-/m1/s1. The Morgan fingerprint density at radius 2 is 1.31 bits per heavy atom. The molecule has 0 heterocycles. The van der Waals surface area contributed by atoms with E-state index in [-0.39, 0.29) is 12.8 Å². The van der Waals surface area contributed by atoms with Gasteiger partial charge in [-0.25, -0.2) is 0 Å². The van der Waals surface area contributed by atoms with Crippen LogP contribution in [0.15, 0.2) is 11.1 Å². The number of esters is 5. The second kappa shape index (κ2) is 12.3. The van der Waals surface area contributed by atoms with E-state index in [1.54, 1.807) is 13.8 Å². The summed E-state index contributed by atoms with van der Waals surface area (Å²) in [5.74, 6) is -5.82. The van der Waals surface area contributed by atoms with Crippen molar-refractivity contribution >= 4 is 29.8 Å². The molecule has 2 fully saturated rings. The molecule has 2 bridgehead atoms. The van der Waals surface area contributed by atoms with Crippen LogP contribution >= 0.6 is 0 Å². The van der Waals surface area contributed by atoms with Gasteiger partial charge < -0.3 is 33.9 Å². The molecule has 0 saturated heterocycles. The zero-order chi connectivity index (χ0) is 31.9. The number of hydrogen-bond donors (Lipinski definition) is 2. The minimum absolute atomic E-state index is 0.0726. The predicted molar refractivity (Wildman–Crippen MR) is 145 cm³/mol. The molecule has 3 rings (SSSR count). The first-order valence-corrected chi connectivity index (χ1v) is 14.2. The third kappa shape index (κ3) is 6.06. The highest BCUT2D eigenvalue weighted by Crippen LogP contribution is 2.61. The second-order valence-corrected chi connectivity index (χ2v) is 12.5. The van der Waals surface area contributed by atoms with E-state index in [9.17, 15) is 34.2 Å². The molecule has 3 aliphatic rings. The Balaban J connectivity index is 2.47. The minimum Gasteiger partial charge on any atom is -0.462 e. The molecular formula is C30H44O12. The van der Waals surface area contributed by atoms with Gasteiger partial charge in [-0.05, 0) is 35.8 Å². The van der Waals surface area contributed by atoms with Crippen LogP contribution in [0, 0.1) is 28.6 Å². The van der Waals surface area contributed by atoms with Crippen LogP contribution in [0.5, 0.6) is 0 Å². The lowest BCUT2D eigenvalue weighted by atomic mass is 9.47. The van der Waals surface area contributed by atoms with Crippen LogP contribution < -0.4 is 0 Å². The number of aliphatic hydroxyl groups is 2. The minimum atomic E-state index is -1.46. The Bertz CT molecular complexity index is 1140. The van der Waals surface area contributed by atoms with Crippen molar-refractivity contribution in [3.8, 4) is 0 Å². The molecule has 0 aromatic carbocycles.